The summed E-state index contributed by atoms with van der Waals surface area (Å²) in [7, 11) is -4.79. The Labute approximate surface area is 115 Å². The fourth-order valence-electron chi connectivity index (χ4n) is 2.13. The van der Waals surface area contributed by atoms with Crippen LogP contribution in [0, 0.1) is 6.92 Å². The van der Waals surface area contributed by atoms with Crippen LogP contribution >= 0.6 is 0 Å². The Morgan fingerprint density at radius 1 is 1.45 bits per heavy atom. The van der Waals surface area contributed by atoms with Crippen LogP contribution in [0.15, 0.2) is 18.2 Å². The molecule has 1 aromatic rings. The molecular formula is C12H12FNO5S. The molecule has 1 unspecified atom stereocenters. The molecule has 20 heavy (non-hydrogen) atoms. The van der Waals surface area contributed by atoms with Gasteiger partial charge in [-0.2, -0.15) is 8.42 Å². The maximum absolute atomic E-state index is 13.0. The van der Waals surface area contributed by atoms with Gasteiger partial charge in [0.15, 0.2) is 0 Å². The number of rotatable bonds is 3. The van der Waals surface area contributed by atoms with Crippen LogP contribution in [0.4, 0.5) is 9.57 Å². The quantitative estimate of drug-likeness (QED) is 0.844. The lowest BCUT2D eigenvalue weighted by atomic mass is 10.1. The number of carbonyl (C=O) groups is 2. The summed E-state index contributed by atoms with van der Waals surface area (Å²) in [4.78, 5) is 23.9. The summed E-state index contributed by atoms with van der Waals surface area (Å²) in [6.07, 6.45) is -0.435. The summed E-state index contributed by atoms with van der Waals surface area (Å²) in [5.41, 5.74) is 0.881. The monoisotopic (exact) mass is 301 g/mol. The van der Waals surface area contributed by atoms with Gasteiger partial charge in [0, 0.05) is 18.7 Å². The summed E-state index contributed by atoms with van der Waals surface area (Å²) in [6, 6.07) is 4.18. The highest BCUT2D eigenvalue weighted by molar-refractivity contribution is 7.87. The number of hydrogen-bond acceptors (Lipinski definition) is 4. The smallest absolute Gasteiger partial charge is 0.335 e. The largest absolute Gasteiger partial charge is 0.478 e. The zero-order valence-corrected chi connectivity index (χ0v) is 11.4. The summed E-state index contributed by atoms with van der Waals surface area (Å²) in [5.74, 6) is -1.70. The predicted octanol–water partition coefficient (Wildman–Crippen LogP) is 1.10. The van der Waals surface area contributed by atoms with E-state index in [-0.39, 0.29) is 12.1 Å². The van der Waals surface area contributed by atoms with Crippen molar-refractivity contribution in [2.24, 2.45) is 0 Å². The van der Waals surface area contributed by atoms with Gasteiger partial charge < -0.3 is 10.0 Å². The fraction of sp³-hybridized carbons (Fsp3) is 0.333. The highest BCUT2D eigenvalue weighted by Gasteiger charge is 2.39. The number of aryl methyl sites for hydroxylation is 1. The third-order valence-corrected chi connectivity index (χ3v) is 4.35. The van der Waals surface area contributed by atoms with E-state index in [9.17, 15) is 21.9 Å². The minimum absolute atomic E-state index is 0.0232. The van der Waals surface area contributed by atoms with Crippen LogP contribution in [-0.4, -0.2) is 37.2 Å². The molecule has 1 fully saturated rings. The molecule has 0 radical (unpaired) electrons. The normalized spacial score (nSPS) is 19.4. The Balaban J connectivity index is 2.40. The van der Waals surface area contributed by atoms with E-state index < -0.39 is 33.8 Å². The second-order valence-corrected chi connectivity index (χ2v) is 6.23. The number of carboxylic acids is 1. The first kappa shape index (κ1) is 14.4. The van der Waals surface area contributed by atoms with Gasteiger partial charge in [-0.1, -0.05) is 6.07 Å². The maximum Gasteiger partial charge on any atom is 0.335 e. The number of amides is 1. The predicted molar refractivity (Wildman–Crippen MR) is 68.9 cm³/mol. The zero-order valence-electron chi connectivity index (χ0n) is 10.5. The lowest BCUT2D eigenvalue weighted by Crippen LogP contribution is -2.27. The molecular weight excluding hydrogens is 289 g/mol. The molecule has 0 aliphatic carbocycles. The summed E-state index contributed by atoms with van der Waals surface area (Å²) in [5, 5.41) is 7.53. The van der Waals surface area contributed by atoms with Crippen LogP contribution in [0.2, 0.25) is 0 Å². The third-order valence-electron chi connectivity index (χ3n) is 3.23. The van der Waals surface area contributed by atoms with Crippen LogP contribution in [0.3, 0.4) is 0 Å². The molecule has 6 nitrogen and oxygen atoms in total. The van der Waals surface area contributed by atoms with Gasteiger partial charge in [-0.25, -0.2) is 4.79 Å². The lowest BCUT2D eigenvalue weighted by molar-refractivity contribution is -0.117. The first-order valence-electron chi connectivity index (χ1n) is 5.78. The lowest BCUT2D eigenvalue weighted by Gasteiger charge is -2.19. The van der Waals surface area contributed by atoms with Gasteiger partial charge in [0.1, 0.15) is 5.25 Å². The number of halogens is 1. The van der Waals surface area contributed by atoms with Crippen molar-refractivity contribution in [1.29, 1.82) is 0 Å². The highest BCUT2D eigenvalue weighted by Crippen LogP contribution is 2.29. The van der Waals surface area contributed by atoms with Crippen LogP contribution in [0.1, 0.15) is 22.3 Å². The summed E-state index contributed by atoms with van der Waals surface area (Å²) in [6.45, 7) is 1.35. The second-order valence-electron chi connectivity index (χ2n) is 4.61. The Hall–Kier alpha value is -1.96. The van der Waals surface area contributed by atoms with Crippen molar-refractivity contribution in [2.75, 3.05) is 11.4 Å². The van der Waals surface area contributed by atoms with E-state index in [0.717, 1.165) is 4.90 Å². The standard InChI is InChI=1S/C12H12FNO5S/c1-7-2-3-8(12(16)17)4-10(7)14-6-9(5-11(14)15)20(13,18)19/h2-4,9H,5-6H2,1H3,(H,16,17). The van der Waals surface area contributed by atoms with Gasteiger partial charge in [0.25, 0.3) is 0 Å². The Bertz CT molecular complexity index is 685. The van der Waals surface area contributed by atoms with E-state index in [1.807, 2.05) is 0 Å². The highest BCUT2D eigenvalue weighted by atomic mass is 32.3. The zero-order chi connectivity index (χ0) is 15.1. The van der Waals surface area contributed by atoms with Crippen molar-refractivity contribution in [3.05, 3.63) is 29.3 Å². The number of aromatic carboxylic acids is 1. The molecule has 1 amide bonds. The van der Waals surface area contributed by atoms with E-state index >= 15 is 0 Å². The molecule has 2 rings (SSSR count). The number of anilines is 1. The minimum atomic E-state index is -4.79. The number of nitrogens with zero attached hydrogens (tertiary/aromatic N) is 1. The average Bonchev–Trinajstić information content (AvgIpc) is 2.71. The molecule has 1 atom stereocenters. The van der Waals surface area contributed by atoms with Crippen molar-refractivity contribution in [2.45, 2.75) is 18.6 Å². The molecule has 8 heteroatoms. The van der Waals surface area contributed by atoms with Crippen molar-refractivity contribution in [3.8, 4) is 0 Å². The van der Waals surface area contributed by atoms with Crippen LogP contribution in [0.25, 0.3) is 0 Å². The van der Waals surface area contributed by atoms with E-state index in [2.05, 4.69) is 0 Å². The van der Waals surface area contributed by atoms with E-state index in [1.165, 1.54) is 18.2 Å². The molecule has 1 saturated heterocycles. The molecule has 0 spiro atoms. The summed E-state index contributed by atoms with van der Waals surface area (Å²) >= 11 is 0. The van der Waals surface area contributed by atoms with Crippen molar-refractivity contribution < 1.29 is 27.0 Å². The molecule has 1 heterocycles. The number of benzene rings is 1. The van der Waals surface area contributed by atoms with Crippen molar-refractivity contribution in [3.63, 3.8) is 0 Å². The molecule has 1 aliphatic rings. The van der Waals surface area contributed by atoms with E-state index in [0.29, 0.717) is 11.3 Å². The topological polar surface area (TPSA) is 91.8 Å². The first-order chi connectivity index (χ1) is 9.20. The Kier molecular flexibility index (Phi) is 3.51. The van der Waals surface area contributed by atoms with Gasteiger partial charge in [-0.05, 0) is 24.6 Å². The van der Waals surface area contributed by atoms with Crippen LogP contribution in [-0.2, 0) is 15.0 Å². The number of carboxylic acid groups (broad SMARTS) is 1. The second kappa shape index (κ2) is 4.86. The van der Waals surface area contributed by atoms with E-state index in [1.54, 1.807) is 6.92 Å². The minimum Gasteiger partial charge on any atom is -0.478 e. The fourth-order valence-corrected chi connectivity index (χ4v) is 2.80. The molecule has 1 aromatic carbocycles. The maximum atomic E-state index is 13.0. The van der Waals surface area contributed by atoms with E-state index in [4.69, 9.17) is 5.11 Å². The third kappa shape index (κ3) is 2.64. The summed E-state index contributed by atoms with van der Waals surface area (Å²) < 4.78 is 34.7. The number of hydrogen-bond donors (Lipinski definition) is 1. The van der Waals surface area contributed by atoms with Gasteiger partial charge in [-0.3, -0.25) is 4.79 Å². The molecule has 108 valence electrons. The van der Waals surface area contributed by atoms with Gasteiger partial charge in [0.2, 0.25) is 5.91 Å². The SMILES string of the molecule is Cc1ccc(C(=O)O)cc1N1CC(S(=O)(=O)F)CC1=O. The Morgan fingerprint density at radius 2 is 2.10 bits per heavy atom. The average molecular weight is 301 g/mol. The van der Waals surface area contributed by atoms with Crippen LogP contribution < -0.4 is 4.90 Å². The molecule has 0 saturated carbocycles. The van der Waals surface area contributed by atoms with Crippen LogP contribution in [0.5, 0.6) is 0 Å². The van der Waals surface area contributed by atoms with Gasteiger partial charge in [-0.15, -0.1) is 3.89 Å². The van der Waals surface area contributed by atoms with Crippen molar-refractivity contribution in [1.82, 2.24) is 0 Å². The number of carbonyl (C=O) groups excluding carboxylic acids is 1. The molecule has 0 aromatic heterocycles. The first-order valence-corrected chi connectivity index (χ1v) is 7.22. The molecule has 1 aliphatic heterocycles. The van der Waals surface area contributed by atoms with Gasteiger partial charge >= 0.3 is 16.2 Å². The molecule has 0 bridgehead atoms. The van der Waals surface area contributed by atoms with Gasteiger partial charge in [0.05, 0.1) is 5.56 Å². The molecule has 1 N–H and O–H groups in total. The Morgan fingerprint density at radius 3 is 2.60 bits per heavy atom. The van der Waals surface area contributed by atoms with Crippen molar-refractivity contribution >= 4 is 27.8 Å².